The largest absolute Gasteiger partial charge is 0.460 e. The van der Waals surface area contributed by atoms with Crippen LogP contribution in [0, 0.1) is 5.41 Å². The zero-order valence-electron chi connectivity index (χ0n) is 25.4. The number of hydrogen-bond acceptors (Lipinski definition) is 10. The molecule has 4 atom stereocenters. The van der Waals surface area contributed by atoms with E-state index in [0.717, 1.165) is 37.8 Å². The van der Waals surface area contributed by atoms with E-state index in [2.05, 4.69) is 27.4 Å². The molecule has 234 valence electrons. The Morgan fingerprint density at radius 1 is 0.810 bits per heavy atom. The molecule has 0 aliphatic heterocycles. The molecule has 0 radical (unpaired) electrons. The first-order valence-electron chi connectivity index (χ1n) is 14.3. The Balaban J connectivity index is 2.60. The van der Waals surface area contributed by atoms with Crippen LogP contribution < -0.4 is 0 Å². The first-order valence-corrected chi connectivity index (χ1v) is 14.3. The molecule has 1 aromatic rings. The monoisotopic (exact) mass is 590 g/mol. The van der Waals surface area contributed by atoms with Gasteiger partial charge in [0.15, 0.2) is 0 Å². The van der Waals surface area contributed by atoms with Crippen molar-refractivity contribution in [2.45, 2.75) is 91.0 Å². The summed E-state index contributed by atoms with van der Waals surface area (Å²) in [5, 5.41) is 20.5. The summed E-state index contributed by atoms with van der Waals surface area (Å²) >= 11 is 0. The lowest BCUT2D eigenvalue weighted by Crippen LogP contribution is -2.28. The molecular formula is C32H46O10. The number of hydrogen-bond donors (Lipinski definition) is 2. The van der Waals surface area contributed by atoms with Crippen LogP contribution in [0.15, 0.2) is 49.1 Å². The Kier molecular flexibility index (Phi) is 15.8. The molecule has 42 heavy (non-hydrogen) atoms. The second-order valence-electron chi connectivity index (χ2n) is 10.8. The van der Waals surface area contributed by atoms with Crippen molar-refractivity contribution in [1.29, 1.82) is 0 Å². The minimum Gasteiger partial charge on any atom is -0.460 e. The van der Waals surface area contributed by atoms with Crippen LogP contribution in [0.4, 0.5) is 0 Å². The topological polar surface area (TPSA) is 146 Å². The van der Waals surface area contributed by atoms with Crippen LogP contribution in [0.2, 0.25) is 0 Å². The zero-order chi connectivity index (χ0) is 31.8. The number of carbonyl (C=O) groups is 4. The number of benzene rings is 1. The Hall–Kier alpha value is -3.50. The second-order valence-corrected chi connectivity index (χ2v) is 10.8. The number of aliphatic hydroxyl groups is 2. The minimum atomic E-state index is -1.36. The molecule has 0 saturated heterocycles. The van der Waals surface area contributed by atoms with Crippen LogP contribution in [0.1, 0.15) is 93.9 Å². The Morgan fingerprint density at radius 3 is 1.81 bits per heavy atom. The van der Waals surface area contributed by atoms with Crippen molar-refractivity contribution in [1.82, 2.24) is 0 Å². The fourth-order valence-electron chi connectivity index (χ4n) is 4.36. The average molecular weight is 591 g/mol. The van der Waals surface area contributed by atoms with E-state index in [1.54, 1.807) is 13.0 Å². The number of carbonyl (C=O) groups excluding carboxylic acids is 4. The van der Waals surface area contributed by atoms with Crippen LogP contribution in [0.3, 0.4) is 0 Å². The van der Waals surface area contributed by atoms with Crippen LogP contribution in [0.5, 0.6) is 0 Å². The third-order valence-corrected chi connectivity index (χ3v) is 6.90. The highest BCUT2D eigenvalue weighted by atomic mass is 16.6. The van der Waals surface area contributed by atoms with Gasteiger partial charge < -0.3 is 29.2 Å². The van der Waals surface area contributed by atoms with Gasteiger partial charge in [-0.1, -0.05) is 65.7 Å². The summed E-state index contributed by atoms with van der Waals surface area (Å²) in [6.07, 6.45) is 5.68. The van der Waals surface area contributed by atoms with E-state index in [9.17, 15) is 29.4 Å². The highest BCUT2D eigenvalue weighted by Gasteiger charge is 2.27. The Labute approximate surface area is 248 Å². The molecule has 1 rings (SSSR count). The van der Waals surface area contributed by atoms with Crippen LogP contribution >= 0.6 is 0 Å². The van der Waals surface area contributed by atoms with E-state index >= 15 is 0 Å². The maximum Gasteiger partial charge on any atom is 0.339 e. The molecule has 0 spiro atoms. The molecule has 0 bridgehead atoms. The van der Waals surface area contributed by atoms with E-state index in [1.807, 2.05) is 6.92 Å². The second kappa shape index (κ2) is 18.1. The molecule has 0 saturated carbocycles. The summed E-state index contributed by atoms with van der Waals surface area (Å²) in [6.45, 7) is 12.3. The SMILES string of the molecule is C=CC(C)(CCC)OC(=O)/C=C/C(=O)OCC(O)COC(=O)c1ccccc1C(=O)OCC(O)CC(C)(CC)CCC. The molecule has 10 nitrogen and oxygen atoms in total. The van der Waals surface area contributed by atoms with Gasteiger partial charge in [0.25, 0.3) is 0 Å². The number of rotatable bonds is 19. The Bertz CT molecular complexity index is 1080. The van der Waals surface area contributed by atoms with Crippen molar-refractivity contribution in [3.8, 4) is 0 Å². The Morgan fingerprint density at radius 2 is 1.31 bits per heavy atom. The van der Waals surface area contributed by atoms with E-state index < -0.39 is 54.9 Å². The molecule has 1 aromatic carbocycles. The number of esters is 4. The average Bonchev–Trinajstić information content (AvgIpc) is 2.96. The van der Waals surface area contributed by atoms with Crippen molar-refractivity contribution in [3.63, 3.8) is 0 Å². The first kappa shape index (κ1) is 36.5. The van der Waals surface area contributed by atoms with Gasteiger partial charge in [0.2, 0.25) is 0 Å². The quantitative estimate of drug-likeness (QED) is 0.100. The standard InChI is InChI=1S/C32H46O10/c1-7-17-31(5,9-3)19-23(33)20-40-29(37)25-13-11-12-14-26(25)30(38)41-22-24(34)21-39-27(35)15-16-28(36)42-32(6,10-4)18-8-2/h10-16,23-24,33-34H,4,7-9,17-22H2,1-3,5-6H3/b16-15+. The summed E-state index contributed by atoms with van der Waals surface area (Å²) in [5.74, 6) is -3.34. The van der Waals surface area contributed by atoms with Gasteiger partial charge in [0.1, 0.15) is 31.5 Å². The van der Waals surface area contributed by atoms with Crippen LogP contribution in [-0.4, -0.2) is 71.7 Å². The normalized spacial score (nSPS) is 15.5. The van der Waals surface area contributed by atoms with E-state index in [0.29, 0.717) is 12.8 Å². The third-order valence-electron chi connectivity index (χ3n) is 6.90. The van der Waals surface area contributed by atoms with Gasteiger partial charge in [-0.25, -0.2) is 19.2 Å². The molecule has 10 heteroatoms. The van der Waals surface area contributed by atoms with E-state index in [4.69, 9.17) is 18.9 Å². The predicted molar refractivity (Wildman–Crippen MR) is 157 cm³/mol. The predicted octanol–water partition coefficient (Wildman–Crippen LogP) is 4.72. The number of aliphatic hydroxyl groups excluding tert-OH is 2. The van der Waals surface area contributed by atoms with E-state index in [1.165, 1.54) is 24.3 Å². The van der Waals surface area contributed by atoms with Crippen molar-refractivity contribution in [2.75, 3.05) is 19.8 Å². The molecule has 0 fully saturated rings. The number of ether oxygens (including phenoxy) is 4. The molecular weight excluding hydrogens is 544 g/mol. The zero-order valence-corrected chi connectivity index (χ0v) is 25.4. The minimum absolute atomic E-state index is 0.0501. The molecule has 4 unspecified atom stereocenters. The lowest BCUT2D eigenvalue weighted by molar-refractivity contribution is -0.149. The van der Waals surface area contributed by atoms with Crippen molar-refractivity contribution in [3.05, 3.63) is 60.2 Å². The van der Waals surface area contributed by atoms with Gasteiger partial charge in [0.05, 0.1) is 17.2 Å². The van der Waals surface area contributed by atoms with Gasteiger partial charge in [-0.05, 0) is 49.8 Å². The highest BCUT2D eigenvalue weighted by Crippen LogP contribution is 2.32. The van der Waals surface area contributed by atoms with Crippen LogP contribution in [-0.2, 0) is 28.5 Å². The third kappa shape index (κ3) is 13.0. The first-order chi connectivity index (χ1) is 19.8. The smallest absolute Gasteiger partial charge is 0.339 e. The van der Waals surface area contributed by atoms with Crippen LogP contribution in [0.25, 0.3) is 0 Å². The van der Waals surface area contributed by atoms with Gasteiger partial charge in [0, 0.05) is 12.2 Å². The maximum atomic E-state index is 12.7. The lowest BCUT2D eigenvalue weighted by Gasteiger charge is -2.30. The van der Waals surface area contributed by atoms with Crippen molar-refractivity contribution < 1.29 is 48.3 Å². The molecule has 0 aliphatic carbocycles. The molecule has 0 aromatic heterocycles. The van der Waals surface area contributed by atoms with E-state index in [-0.39, 0.29) is 23.1 Å². The molecule has 0 heterocycles. The van der Waals surface area contributed by atoms with Gasteiger partial charge in [-0.15, -0.1) is 0 Å². The highest BCUT2D eigenvalue weighted by molar-refractivity contribution is 6.03. The van der Waals surface area contributed by atoms with Gasteiger partial charge in [-0.3, -0.25) is 0 Å². The fraction of sp³-hybridized carbons (Fsp3) is 0.562. The molecule has 0 aliphatic rings. The fourth-order valence-corrected chi connectivity index (χ4v) is 4.36. The maximum absolute atomic E-state index is 12.7. The van der Waals surface area contributed by atoms with Gasteiger partial charge in [-0.2, -0.15) is 0 Å². The molecule has 0 amide bonds. The van der Waals surface area contributed by atoms with Crippen molar-refractivity contribution >= 4 is 23.9 Å². The summed E-state index contributed by atoms with van der Waals surface area (Å²) in [6, 6.07) is 5.86. The summed E-state index contributed by atoms with van der Waals surface area (Å²) < 4.78 is 20.5. The summed E-state index contributed by atoms with van der Waals surface area (Å²) in [5.41, 5.74) is -1.06. The summed E-state index contributed by atoms with van der Waals surface area (Å²) in [4.78, 5) is 49.2. The van der Waals surface area contributed by atoms with Gasteiger partial charge >= 0.3 is 23.9 Å². The van der Waals surface area contributed by atoms with Crippen molar-refractivity contribution in [2.24, 2.45) is 5.41 Å². The molecule has 2 N–H and O–H groups in total. The lowest BCUT2D eigenvalue weighted by atomic mass is 9.78. The summed E-state index contributed by atoms with van der Waals surface area (Å²) in [7, 11) is 0.